The molecule has 4 rings (SSSR count). The summed E-state index contributed by atoms with van der Waals surface area (Å²) >= 11 is 0. The predicted molar refractivity (Wildman–Crippen MR) is 93.7 cm³/mol. The van der Waals surface area contributed by atoms with Gasteiger partial charge >= 0.3 is 0 Å². The normalized spacial score (nSPS) is 20.7. The van der Waals surface area contributed by atoms with E-state index < -0.39 is 0 Å². The van der Waals surface area contributed by atoms with Crippen molar-refractivity contribution in [2.45, 2.75) is 25.3 Å². The molecule has 2 aliphatic rings. The predicted octanol–water partition coefficient (Wildman–Crippen LogP) is 2.83. The van der Waals surface area contributed by atoms with Crippen LogP contribution >= 0.6 is 0 Å². The van der Waals surface area contributed by atoms with Crippen LogP contribution < -0.4 is 15.5 Å². The number of benzene rings is 2. The number of para-hydroxylation sites is 1. The van der Waals surface area contributed by atoms with Crippen LogP contribution in [0.1, 0.15) is 18.4 Å². The second kappa shape index (κ2) is 5.61. The van der Waals surface area contributed by atoms with Crippen LogP contribution in [-0.4, -0.2) is 25.0 Å². The van der Waals surface area contributed by atoms with Crippen molar-refractivity contribution in [1.29, 1.82) is 0 Å². The van der Waals surface area contributed by atoms with Crippen molar-refractivity contribution < 1.29 is 4.79 Å². The van der Waals surface area contributed by atoms with E-state index in [0.717, 1.165) is 49.4 Å². The largest absolute Gasteiger partial charge is 0.398 e. The molecule has 2 heterocycles. The molecule has 1 saturated heterocycles. The Balaban J connectivity index is 1.64. The van der Waals surface area contributed by atoms with E-state index in [4.69, 9.17) is 5.73 Å². The number of anilines is 3. The number of carbonyl (C=O) groups excluding carboxylic acids is 1. The van der Waals surface area contributed by atoms with E-state index in [1.165, 1.54) is 5.56 Å². The summed E-state index contributed by atoms with van der Waals surface area (Å²) in [4.78, 5) is 17.1. The van der Waals surface area contributed by atoms with E-state index in [1.807, 2.05) is 47.4 Å². The Kier molecular flexibility index (Phi) is 3.45. The van der Waals surface area contributed by atoms with Gasteiger partial charge in [-0.15, -0.1) is 0 Å². The number of hydrogen-bond acceptors (Lipinski definition) is 3. The van der Waals surface area contributed by atoms with Crippen LogP contribution in [0.25, 0.3) is 0 Å². The first-order chi connectivity index (χ1) is 11.3. The third-order valence-electron chi connectivity index (χ3n) is 4.94. The second-order valence-electron chi connectivity index (χ2n) is 6.27. The number of hydrogen-bond donors (Lipinski definition) is 1. The van der Waals surface area contributed by atoms with Crippen molar-refractivity contribution in [3.8, 4) is 0 Å². The van der Waals surface area contributed by atoms with Crippen LogP contribution in [0.2, 0.25) is 0 Å². The molecular formula is C19H21N3O. The molecule has 0 saturated carbocycles. The number of fused-ring (bicyclic) bond motifs is 1. The standard InChI is InChI=1S/C19H21N3O/c20-16-9-4-10-17-15(16)8-5-12-22(17)18-11-13-21(19(18)23)14-6-2-1-3-7-14/h1-4,6-7,9-10,18H,5,8,11-13,20H2. The highest BCUT2D eigenvalue weighted by Crippen LogP contribution is 2.35. The molecule has 1 atom stereocenters. The number of amides is 1. The minimum Gasteiger partial charge on any atom is -0.398 e. The number of rotatable bonds is 2. The molecule has 0 bridgehead atoms. The smallest absolute Gasteiger partial charge is 0.249 e. The molecule has 118 valence electrons. The SMILES string of the molecule is Nc1cccc2c1CCCN2C1CCN(c2ccccc2)C1=O. The molecule has 1 unspecified atom stereocenters. The zero-order valence-corrected chi connectivity index (χ0v) is 13.1. The van der Waals surface area contributed by atoms with Crippen molar-refractivity contribution in [1.82, 2.24) is 0 Å². The first kappa shape index (κ1) is 14.1. The van der Waals surface area contributed by atoms with E-state index in [1.54, 1.807) is 0 Å². The fraction of sp³-hybridized carbons (Fsp3) is 0.316. The molecule has 2 N–H and O–H groups in total. The Labute approximate surface area is 136 Å². The van der Waals surface area contributed by atoms with E-state index in [-0.39, 0.29) is 11.9 Å². The third-order valence-corrected chi connectivity index (χ3v) is 4.94. The van der Waals surface area contributed by atoms with E-state index in [2.05, 4.69) is 11.0 Å². The summed E-state index contributed by atoms with van der Waals surface area (Å²) in [7, 11) is 0. The average molecular weight is 307 g/mol. The average Bonchev–Trinajstić information content (AvgIpc) is 2.97. The highest BCUT2D eigenvalue weighted by Gasteiger charge is 2.38. The summed E-state index contributed by atoms with van der Waals surface area (Å²) < 4.78 is 0. The lowest BCUT2D eigenvalue weighted by Gasteiger charge is -2.35. The molecule has 1 fully saturated rings. The molecular weight excluding hydrogens is 286 g/mol. The van der Waals surface area contributed by atoms with Crippen molar-refractivity contribution in [3.05, 3.63) is 54.1 Å². The molecule has 2 aromatic rings. The lowest BCUT2D eigenvalue weighted by atomic mass is 9.98. The molecule has 4 heteroatoms. The minimum absolute atomic E-state index is 0.0731. The van der Waals surface area contributed by atoms with Crippen molar-refractivity contribution in [2.75, 3.05) is 28.6 Å². The van der Waals surface area contributed by atoms with Crippen molar-refractivity contribution >= 4 is 23.0 Å². The fourth-order valence-electron chi connectivity index (χ4n) is 3.82. The summed E-state index contributed by atoms with van der Waals surface area (Å²) in [5.74, 6) is 0.200. The zero-order chi connectivity index (χ0) is 15.8. The van der Waals surface area contributed by atoms with Crippen LogP contribution in [0.4, 0.5) is 17.1 Å². The maximum Gasteiger partial charge on any atom is 0.249 e. The first-order valence-corrected chi connectivity index (χ1v) is 8.26. The third kappa shape index (κ3) is 2.34. The summed E-state index contributed by atoms with van der Waals surface area (Å²) in [6.45, 7) is 1.71. The van der Waals surface area contributed by atoms with E-state index >= 15 is 0 Å². The van der Waals surface area contributed by atoms with Crippen LogP contribution in [0.3, 0.4) is 0 Å². The first-order valence-electron chi connectivity index (χ1n) is 8.26. The van der Waals surface area contributed by atoms with Crippen LogP contribution in [0.5, 0.6) is 0 Å². The van der Waals surface area contributed by atoms with Gasteiger partial charge in [0.1, 0.15) is 6.04 Å². The van der Waals surface area contributed by atoms with Gasteiger partial charge in [-0.1, -0.05) is 24.3 Å². The van der Waals surface area contributed by atoms with E-state index in [0.29, 0.717) is 0 Å². The van der Waals surface area contributed by atoms with Gasteiger partial charge in [-0.2, -0.15) is 0 Å². The van der Waals surface area contributed by atoms with Gasteiger partial charge in [-0.05, 0) is 49.1 Å². The quantitative estimate of drug-likeness (QED) is 0.868. The topological polar surface area (TPSA) is 49.6 Å². The molecule has 0 aliphatic carbocycles. The molecule has 2 aliphatic heterocycles. The summed E-state index contributed by atoms with van der Waals surface area (Å²) in [5, 5.41) is 0. The maximum absolute atomic E-state index is 13.0. The number of nitrogens with two attached hydrogens (primary N) is 1. The van der Waals surface area contributed by atoms with Crippen LogP contribution in [0, 0.1) is 0 Å². The monoisotopic (exact) mass is 307 g/mol. The maximum atomic E-state index is 13.0. The summed E-state index contributed by atoms with van der Waals surface area (Å²) in [6, 6.07) is 15.9. The summed E-state index contributed by atoms with van der Waals surface area (Å²) in [6.07, 6.45) is 2.92. The van der Waals surface area contributed by atoms with Crippen molar-refractivity contribution in [2.24, 2.45) is 0 Å². The molecule has 0 radical (unpaired) electrons. The van der Waals surface area contributed by atoms with Gasteiger partial charge in [0.2, 0.25) is 5.91 Å². The summed E-state index contributed by atoms with van der Waals surface area (Å²) in [5.41, 5.74) is 10.3. The van der Waals surface area contributed by atoms with Gasteiger partial charge in [0.25, 0.3) is 0 Å². The molecule has 23 heavy (non-hydrogen) atoms. The number of carbonyl (C=O) groups is 1. The lowest BCUT2D eigenvalue weighted by Crippen LogP contribution is -2.44. The zero-order valence-electron chi connectivity index (χ0n) is 13.1. The molecule has 0 aromatic heterocycles. The molecule has 1 amide bonds. The van der Waals surface area contributed by atoms with Gasteiger partial charge in [0.15, 0.2) is 0 Å². The Morgan fingerprint density at radius 2 is 1.83 bits per heavy atom. The molecule has 2 aromatic carbocycles. The van der Waals surface area contributed by atoms with E-state index in [9.17, 15) is 4.79 Å². The lowest BCUT2D eigenvalue weighted by molar-refractivity contribution is -0.118. The molecule has 4 nitrogen and oxygen atoms in total. The highest BCUT2D eigenvalue weighted by atomic mass is 16.2. The number of nitrogen functional groups attached to an aromatic ring is 1. The second-order valence-corrected chi connectivity index (χ2v) is 6.27. The van der Waals surface area contributed by atoms with Gasteiger partial charge in [0.05, 0.1) is 0 Å². The Morgan fingerprint density at radius 1 is 1.00 bits per heavy atom. The highest BCUT2D eigenvalue weighted by molar-refractivity contribution is 6.01. The van der Waals surface area contributed by atoms with Gasteiger partial charge in [-0.3, -0.25) is 4.79 Å². The van der Waals surface area contributed by atoms with Crippen molar-refractivity contribution in [3.63, 3.8) is 0 Å². The Hall–Kier alpha value is -2.49. The minimum atomic E-state index is -0.0731. The van der Waals surface area contributed by atoms with Gasteiger partial charge in [-0.25, -0.2) is 0 Å². The fourth-order valence-corrected chi connectivity index (χ4v) is 3.82. The van der Waals surface area contributed by atoms with Gasteiger partial charge < -0.3 is 15.5 Å². The molecule has 0 spiro atoms. The van der Waals surface area contributed by atoms with Gasteiger partial charge in [0, 0.05) is 30.2 Å². The Bertz CT molecular complexity index is 729. The van der Waals surface area contributed by atoms with Crippen LogP contribution in [0.15, 0.2) is 48.5 Å². The van der Waals surface area contributed by atoms with Crippen LogP contribution in [-0.2, 0) is 11.2 Å². The number of nitrogens with zero attached hydrogens (tertiary/aromatic N) is 2. The Morgan fingerprint density at radius 3 is 2.65 bits per heavy atom.